The number of anilines is 1. The lowest BCUT2D eigenvalue weighted by atomic mass is 10.2. The number of aromatic nitrogens is 2. The van der Waals surface area contributed by atoms with Crippen molar-refractivity contribution in [3.8, 4) is 5.75 Å². The van der Waals surface area contributed by atoms with Crippen LogP contribution in [-0.2, 0) is 6.42 Å². The molecule has 3 rings (SSSR count). The minimum Gasteiger partial charge on any atom is -0.478 e. The molecule has 1 atom stereocenters. The van der Waals surface area contributed by atoms with Crippen molar-refractivity contribution in [3.05, 3.63) is 42.0 Å². The van der Waals surface area contributed by atoms with Gasteiger partial charge in [0.25, 0.3) is 0 Å². The van der Waals surface area contributed by atoms with Gasteiger partial charge in [0.05, 0.1) is 12.2 Å². The summed E-state index contributed by atoms with van der Waals surface area (Å²) in [4.78, 5) is 7.75. The van der Waals surface area contributed by atoms with Crippen LogP contribution in [0.25, 0.3) is 0 Å². The van der Waals surface area contributed by atoms with Crippen LogP contribution >= 0.6 is 0 Å². The molecule has 1 aromatic heterocycles. The Bertz CT molecular complexity index is 535. The Balaban J connectivity index is 1.78. The van der Waals surface area contributed by atoms with Gasteiger partial charge in [0.2, 0.25) is 0 Å². The standard InChI is InChI=1S/C14H17N3O/c1-2-5-10-8-16-14(17-10)13-9-15-11-6-3-4-7-12(11)18-13/h3-4,6-8,13,15H,2,5,9H2,1H3,(H,16,17). The number of aryl methyl sites for hydroxylation is 1. The van der Waals surface area contributed by atoms with E-state index in [1.54, 1.807) is 0 Å². The number of H-pyrrole nitrogens is 1. The van der Waals surface area contributed by atoms with Gasteiger partial charge in [-0.15, -0.1) is 0 Å². The van der Waals surface area contributed by atoms with Crippen molar-refractivity contribution in [2.75, 3.05) is 11.9 Å². The van der Waals surface area contributed by atoms with Crippen molar-refractivity contribution in [2.24, 2.45) is 0 Å². The first-order chi connectivity index (χ1) is 8.86. The minimum absolute atomic E-state index is 0.0366. The number of ether oxygens (including phenoxy) is 1. The maximum atomic E-state index is 5.95. The summed E-state index contributed by atoms with van der Waals surface area (Å²) < 4.78 is 5.95. The molecule has 0 saturated carbocycles. The van der Waals surface area contributed by atoms with Crippen LogP contribution in [0.3, 0.4) is 0 Å². The van der Waals surface area contributed by atoms with Crippen LogP contribution in [0.15, 0.2) is 30.5 Å². The van der Waals surface area contributed by atoms with Crippen LogP contribution in [0.4, 0.5) is 5.69 Å². The van der Waals surface area contributed by atoms with Crippen LogP contribution in [0.2, 0.25) is 0 Å². The van der Waals surface area contributed by atoms with Crippen molar-refractivity contribution < 1.29 is 4.74 Å². The molecule has 2 heterocycles. The van der Waals surface area contributed by atoms with E-state index in [1.165, 1.54) is 5.69 Å². The van der Waals surface area contributed by atoms with Crippen molar-refractivity contribution in [1.82, 2.24) is 9.97 Å². The molecule has 1 aliphatic rings. The highest BCUT2D eigenvalue weighted by atomic mass is 16.5. The Morgan fingerprint density at radius 3 is 3.17 bits per heavy atom. The molecule has 2 aromatic rings. The molecular weight excluding hydrogens is 226 g/mol. The third kappa shape index (κ3) is 2.06. The highest BCUT2D eigenvalue weighted by Gasteiger charge is 2.22. The fraction of sp³-hybridized carbons (Fsp3) is 0.357. The zero-order chi connectivity index (χ0) is 12.4. The third-order valence-electron chi connectivity index (χ3n) is 3.11. The second-order valence-corrected chi connectivity index (χ2v) is 4.53. The Kier molecular flexibility index (Phi) is 2.92. The van der Waals surface area contributed by atoms with Gasteiger partial charge >= 0.3 is 0 Å². The molecule has 0 saturated heterocycles. The predicted molar refractivity (Wildman–Crippen MR) is 70.9 cm³/mol. The van der Waals surface area contributed by atoms with E-state index >= 15 is 0 Å². The normalized spacial score (nSPS) is 17.7. The number of hydrogen-bond donors (Lipinski definition) is 2. The van der Waals surface area contributed by atoms with Crippen LogP contribution in [-0.4, -0.2) is 16.5 Å². The van der Waals surface area contributed by atoms with E-state index < -0.39 is 0 Å². The number of fused-ring (bicyclic) bond motifs is 1. The first-order valence-corrected chi connectivity index (χ1v) is 6.40. The molecule has 0 aliphatic carbocycles. The van der Waals surface area contributed by atoms with Gasteiger partial charge in [-0.25, -0.2) is 4.98 Å². The first kappa shape index (κ1) is 11.1. The average Bonchev–Trinajstić information content (AvgIpc) is 2.87. The molecule has 4 heteroatoms. The lowest BCUT2D eigenvalue weighted by Crippen LogP contribution is -2.24. The summed E-state index contributed by atoms with van der Waals surface area (Å²) in [6.07, 6.45) is 4.02. The Labute approximate surface area is 106 Å². The van der Waals surface area contributed by atoms with E-state index in [4.69, 9.17) is 4.74 Å². The second kappa shape index (κ2) is 4.72. The monoisotopic (exact) mass is 243 g/mol. The summed E-state index contributed by atoms with van der Waals surface area (Å²) in [7, 11) is 0. The molecule has 94 valence electrons. The molecule has 0 fully saturated rings. The van der Waals surface area contributed by atoms with Crippen molar-refractivity contribution in [1.29, 1.82) is 0 Å². The number of aromatic amines is 1. The van der Waals surface area contributed by atoms with Gasteiger partial charge in [0, 0.05) is 11.9 Å². The topological polar surface area (TPSA) is 49.9 Å². The Hall–Kier alpha value is -1.97. The molecule has 0 amide bonds. The number of para-hydroxylation sites is 2. The number of imidazole rings is 1. The average molecular weight is 243 g/mol. The van der Waals surface area contributed by atoms with E-state index in [9.17, 15) is 0 Å². The molecule has 1 unspecified atom stereocenters. The van der Waals surface area contributed by atoms with Crippen LogP contribution in [0, 0.1) is 0 Å². The van der Waals surface area contributed by atoms with Crippen LogP contribution in [0.5, 0.6) is 5.75 Å². The quantitative estimate of drug-likeness (QED) is 0.871. The smallest absolute Gasteiger partial charge is 0.173 e. The van der Waals surface area contributed by atoms with Gasteiger partial charge in [-0.2, -0.15) is 0 Å². The van der Waals surface area contributed by atoms with Gasteiger partial charge in [-0.05, 0) is 18.6 Å². The summed E-state index contributed by atoms with van der Waals surface area (Å²) in [5.41, 5.74) is 2.23. The van der Waals surface area contributed by atoms with Gasteiger partial charge in [0.1, 0.15) is 11.6 Å². The number of benzene rings is 1. The lowest BCUT2D eigenvalue weighted by molar-refractivity contribution is 0.201. The summed E-state index contributed by atoms with van der Waals surface area (Å²) in [5, 5.41) is 3.37. The summed E-state index contributed by atoms with van der Waals surface area (Å²) in [6.45, 7) is 2.91. The second-order valence-electron chi connectivity index (χ2n) is 4.53. The Morgan fingerprint density at radius 2 is 2.28 bits per heavy atom. The van der Waals surface area contributed by atoms with E-state index in [0.717, 1.165) is 36.6 Å². The van der Waals surface area contributed by atoms with Crippen molar-refractivity contribution in [2.45, 2.75) is 25.9 Å². The zero-order valence-corrected chi connectivity index (χ0v) is 10.4. The molecule has 1 aliphatic heterocycles. The zero-order valence-electron chi connectivity index (χ0n) is 10.4. The van der Waals surface area contributed by atoms with Crippen molar-refractivity contribution in [3.63, 3.8) is 0 Å². The van der Waals surface area contributed by atoms with Crippen molar-refractivity contribution >= 4 is 5.69 Å². The van der Waals surface area contributed by atoms with Crippen LogP contribution < -0.4 is 10.1 Å². The largest absolute Gasteiger partial charge is 0.478 e. The van der Waals surface area contributed by atoms with E-state index in [2.05, 4.69) is 22.2 Å². The van der Waals surface area contributed by atoms with E-state index in [1.807, 2.05) is 30.5 Å². The highest BCUT2D eigenvalue weighted by molar-refractivity contribution is 5.57. The number of rotatable bonds is 3. The molecule has 4 nitrogen and oxygen atoms in total. The SMILES string of the molecule is CCCc1cnc(C2CNc3ccccc3O2)[nH]1. The molecular formula is C14H17N3O. The molecule has 0 bridgehead atoms. The Morgan fingerprint density at radius 1 is 1.39 bits per heavy atom. The van der Waals surface area contributed by atoms with Gasteiger partial charge in [-0.3, -0.25) is 0 Å². The first-order valence-electron chi connectivity index (χ1n) is 6.40. The van der Waals surface area contributed by atoms with Gasteiger partial charge < -0.3 is 15.0 Å². The van der Waals surface area contributed by atoms with E-state index in [0.29, 0.717) is 0 Å². The predicted octanol–water partition coefficient (Wildman–Crippen LogP) is 2.91. The molecule has 2 N–H and O–H groups in total. The summed E-state index contributed by atoms with van der Waals surface area (Å²) >= 11 is 0. The number of nitrogens with zero attached hydrogens (tertiary/aromatic N) is 1. The molecule has 1 aromatic carbocycles. The number of hydrogen-bond acceptors (Lipinski definition) is 3. The molecule has 0 spiro atoms. The van der Waals surface area contributed by atoms with Crippen LogP contribution in [0.1, 0.15) is 31.0 Å². The maximum absolute atomic E-state index is 5.95. The minimum atomic E-state index is -0.0366. The fourth-order valence-corrected chi connectivity index (χ4v) is 2.20. The number of nitrogens with one attached hydrogen (secondary N) is 2. The highest BCUT2D eigenvalue weighted by Crippen LogP contribution is 2.32. The summed E-state index contributed by atoms with van der Waals surface area (Å²) in [6, 6.07) is 7.98. The third-order valence-corrected chi connectivity index (χ3v) is 3.11. The molecule has 0 radical (unpaired) electrons. The fourth-order valence-electron chi connectivity index (χ4n) is 2.20. The lowest BCUT2D eigenvalue weighted by Gasteiger charge is -2.25. The molecule has 18 heavy (non-hydrogen) atoms. The maximum Gasteiger partial charge on any atom is 0.173 e. The van der Waals surface area contributed by atoms with E-state index in [-0.39, 0.29) is 6.10 Å². The van der Waals surface area contributed by atoms with Gasteiger partial charge in [0.15, 0.2) is 6.10 Å². The van der Waals surface area contributed by atoms with Gasteiger partial charge in [-0.1, -0.05) is 25.5 Å². The summed E-state index contributed by atoms with van der Waals surface area (Å²) in [5.74, 6) is 1.79.